The molecule has 1 heterocycles. The molecule has 0 aliphatic carbocycles. The Morgan fingerprint density at radius 1 is 1.67 bits per heavy atom. The van der Waals surface area contributed by atoms with E-state index < -0.39 is 22.2 Å². The van der Waals surface area contributed by atoms with Crippen LogP contribution in [0.3, 0.4) is 0 Å². The third-order valence-electron chi connectivity index (χ3n) is 1.09. The molecule has 0 spiro atoms. The molecule has 1 aromatic rings. The van der Waals surface area contributed by atoms with Crippen molar-refractivity contribution in [3.8, 4) is 0 Å². The predicted octanol–water partition coefficient (Wildman–Crippen LogP) is 1.53. The number of nitrogens with zero attached hydrogens (tertiary/aromatic N) is 3. The van der Waals surface area contributed by atoms with Gasteiger partial charge in [-0.2, -0.15) is 0 Å². The summed E-state index contributed by atoms with van der Waals surface area (Å²) in [6, 6.07) is 0.651. The van der Waals surface area contributed by atoms with Crippen LogP contribution in [0.5, 0.6) is 0 Å². The standard InChI is InChI=1S/C5H2FN3O3/c6-3-1-4(8-10)5(7-2-3)9(11)12/h1-2H. The molecule has 0 saturated heterocycles. The molecule has 0 saturated carbocycles. The number of rotatable bonds is 2. The van der Waals surface area contributed by atoms with Crippen LogP contribution in [0.25, 0.3) is 0 Å². The molecule has 0 atom stereocenters. The second kappa shape index (κ2) is 2.99. The fourth-order valence-electron chi connectivity index (χ4n) is 0.629. The van der Waals surface area contributed by atoms with Crippen molar-refractivity contribution in [3.63, 3.8) is 0 Å². The summed E-state index contributed by atoms with van der Waals surface area (Å²) in [6.07, 6.45) is 0.646. The highest BCUT2D eigenvalue weighted by atomic mass is 19.1. The first-order chi connectivity index (χ1) is 5.65. The minimum atomic E-state index is -0.907. The number of hydrogen-bond acceptors (Lipinski definition) is 5. The van der Waals surface area contributed by atoms with Gasteiger partial charge in [0.2, 0.25) is 5.69 Å². The molecule has 6 nitrogen and oxygen atoms in total. The highest BCUT2D eigenvalue weighted by Gasteiger charge is 2.16. The zero-order chi connectivity index (χ0) is 9.14. The Bertz CT molecular complexity index is 341. The van der Waals surface area contributed by atoms with Gasteiger partial charge < -0.3 is 10.1 Å². The topological polar surface area (TPSA) is 85.5 Å². The van der Waals surface area contributed by atoms with Crippen LogP contribution in [-0.2, 0) is 0 Å². The normalized spacial score (nSPS) is 9.42. The molecule has 0 unspecified atom stereocenters. The summed E-state index contributed by atoms with van der Waals surface area (Å²) in [5.74, 6) is -1.58. The monoisotopic (exact) mass is 171 g/mol. The van der Waals surface area contributed by atoms with Crippen molar-refractivity contribution >= 4 is 11.5 Å². The lowest BCUT2D eigenvalue weighted by molar-refractivity contribution is -0.388. The van der Waals surface area contributed by atoms with E-state index in [2.05, 4.69) is 10.2 Å². The smallest absolute Gasteiger partial charge is 0.358 e. The van der Waals surface area contributed by atoms with Gasteiger partial charge in [0.25, 0.3) is 0 Å². The minimum Gasteiger partial charge on any atom is -0.358 e. The van der Waals surface area contributed by atoms with Crippen LogP contribution >= 0.6 is 0 Å². The second-order valence-corrected chi connectivity index (χ2v) is 1.84. The first-order valence-electron chi connectivity index (χ1n) is 2.78. The zero-order valence-corrected chi connectivity index (χ0v) is 5.60. The third kappa shape index (κ3) is 1.39. The Kier molecular flexibility index (Phi) is 2.04. The maximum Gasteiger partial charge on any atom is 0.393 e. The predicted molar refractivity (Wildman–Crippen MR) is 36.3 cm³/mol. The van der Waals surface area contributed by atoms with E-state index in [0.29, 0.717) is 12.3 Å². The van der Waals surface area contributed by atoms with Crippen molar-refractivity contribution in [1.29, 1.82) is 0 Å². The molecule has 0 N–H and O–H groups in total. The van der Waals surface area contributed by atoms with Gasteiger partial charge in [-0.05, 0) is 15.1 Å². The molecule has 0 aliphatic rings. The van der Waals surface area contributed by atoms with Crippen LogP contribution in [0.1, 0.15) is 0 Å². The van der Waals surface area contributed by atoms with Crippen LogP contribution < -0.4 is 0 Å². The zero-order valence-electron chi connectivity index (χ0n) is 5.60. The van der Waals surface area contributed by atoms with E-state index in [4.69, 9.17) is 0 Å². The van der Waals surface area contributed by atoms with E-state index in [0.717, 1.165) is 0 Å². The molecule has 0 radical (unpaired) electrons. The Hall–Kier alpha value is -1.92. The van der Waals surface area contributed by atoms with E-state index >= 15 is 0 Å². The lowest BCUT2D eigenvalue weighted by Crippen LogP contribution is -1.92. The van der Waals surface area contributed by atoms with Crippen molar-refractivity contribution < 1.29 is 9.31 Å². The first-order valence-corrected chi connectivity index (χ1v) is 2.78. The van der Waals surface area contributed by atoms with Gasteiger partial charge in [0.05, 0.1) is 0 Å². The van der Waals surface area contributed by atoms with Crippen LogP contribution in [-0.4, -0.2) is 9.91 Å². The Morgan fingerprint density at radius 2 is 2.33 bits per heavy atom. The molecule has 0 amide bonds. The third-order valence-corrected chi connectivity index (χ3v) is 1.09. The summed E-state index contributed by atoms with van der Waals surface area (Å²) in [5, 5.41) is 12.4. The fourth-order valence-corrected chi connectivity index (χ4v) is 0.629. The van der Waals surface area contributed by atoms with Crippen molar-refractivity contribution in [2.75, 3.05) is 0 Å². The maximum atomic E-state index is 12.3. The number of nitro groups is 1. The summed E-state index contributed by atoms with van der Waals surface area (Å²) in [5.41, 5.74) is -0.611. The van der Waals surface area contributed by atoms with Crippen molar-refractivity contribution in [2.24, 2.45) is 5.18 Å². The molecule has 12 heavy (non-hydrogen) atoms. The van der Waals surface area contributed by atoms with E-state index in [9.17, 15) is 19.4 Å². The molecule has 0 bridgehead atoms. The van der Waals surface area contributed by atoms with Gasteiger partial charge in [0.1, 0.15) is 0 Å². The summed E-state index contributed by atoms with van der Waals surface area (Å²) in [4.78, 5) is 22.2. The summed E-state index contributed by atoms with van der Waals surface area (Å²) < 4.78 is 12.3. The number of nitroso groups, excluding NO2 is 1. The van der Waals surface area contributed by atoms with Crippen LogP contribution in [0.15, 0.2) is 17.4 Å². The van der Waals surface area contributed by atoms with E-state index in [1.165, 1.54) is 0 Å². The van der Waals surface area contributed by atoms with Crippen LogP contribution in [0, 0.1) is 20.8 Å². The van der Waals surface area contributed by atoms with Gasteiger partial charge in [-0.1, -0.05) is 0 Å². The summed E-state index contributed by atoms with van der Waals surface area (Å²) in [6.45, 7) is 0. The molecule has 7 heteroatoms. The molecule has 0 aliphatic heterocycles. The number of aromatic nitrogens is 1. The lowest BCUT2D eigenvalue weighted by Gasteiger charge is -1.92. The van der Waals surface area contributed by atoms with Gasteiger partial charge in [0.15, 0.2) is 12.0 Å². The quantitative estimate of drug-likeness (QED) is 0.383. The average Bonchev–Trinajstić information content (AvgIpc) is 2.03. The Morgan fingerprint density at radius 3 is 2.83 bits per heavy atom. The van der Waals surface area contributed by atoms with Crippen LogP contribution in [0.2, 0.25) is 0 Å². The van der Waals surface area contributed by atoms with Gasteiger partial charge in [0, 0.05) is 6.07 Å². The first kappa shape index (κ1) is 8.18. The molecular formula is C5H2FN3O3. The molecular weight excluding hydrogens is 169 g/mol. The fraction of sp³-hybridized carbons (Fsp3) is 0. The maximum absolute atomic E-state index is 12.3. The Labute approximate surface area is 65.2 Å². The van der Waals surface area contributed by atoms with Gasteiger partial charge >= 0.3 is 5.82 Å². The van der Waals surface area contributed by atoms with Crippen LogP contribution in [0.4, 0.5) is 15.9 Å². The van der Waals surface area contributed by atoms with Gasteiger partial charge in [-0.3, -0.25) is 0 Å². The van der Waals surface area contributed by atoms with Crippen molar-refractivity contribution in [1.82, 2.24) is 4.98 Å². The SMILES string of the molecule is O=Nc1cc(F)cnc1[N+](=O)[O-]. The number of hydrogen-bond donors (Lipinski definition) is 0. The van der Waals surface area contributed by atoms with E-state index in [1.54, 1.807) is 0 Å². The highest BCUT2D eigenvalue weighted by molar-refractivity contribution is 5.51. The number of halogens is 1. The molecule has 62 valence electrons. The van der Waals surface area contributed by atoms with E-state index in [1.807, 2.05) is 0 Å². The molecule has 0 fully saturated rings. The summed E-state index contributed by atoms with van der Waals surface area (Å²) >= 11 is 0. The Balaban J connectivity index is 3.29. The number of pyridine rings is 1. The summed E-state index contributed by atoms with van der Waals surface area (Å²) in [7, 11) is 0. The van der Waals surface area contributed by atoms with Crippen molar-refractivity contribution in [2.45, 2.75) is 0 Å². The van der Waals surface area contributed by atoms with E-state index in [-0.39, 0.29) is 0 Å². The van der Waals surface area contributed by atoms with Gasteiger partial charge in [-0.15, -0.1) is 4.91 Å². The lowest BCUT2D eigenvalue weighted by atomic mass is 10.4. The van der Waals surface area contributed by atoms with Gasteiger partial charge in [-0.25, -0.2) is 4.39 Å². The molecule has 1 aromatic heterocycles. The second-order valence-electron chi connectivity index (χ2n) is 1.84. The molecule has 0 aromatic carbocycles. The molecule has 1 rings (SSSR count). The minimum absolute atomic E-state index is 0.611. The van der Waals surface area contributed by atoms with Crippen molar-refractivity contribution in [3.05, 3.63) is 33.1 Å². The average molecular weight is 171 g/mol. The highest BCUT2D eigenvalue weighted by Crippen LogP contribution is 2.24. The largest absolute Gasteiger partial charge is 0.393 e.